The van der Waals surface area contributed by atoms with Crippen LogP contribution in [0, 0.1) is 17.5 Å². The van der Waals surface area contributed by atoms with E-state index < -0.39 is 17.5 Å². The molecule has 1 aromatic carbocycles. The number of H-pyrrole nitrogens is 1. The van der Waals surface area contributed by atoms with E-state index in [1.807, 2.05) is 6.92 Å². The summed E-state index contributed by atoms with van der Waals surface area (Å²) in [7, 11) is 0. The number of rotatable bonds is 4. The third-order valence-corrected chi connectivity index (χ3v) is 2.71. The van der Waals surface area contributed by atoms with Gasteiger partial charge in [0, 0.05) is 29.9 Å². The van der Waals surface area contributed by atoms with Gasteiger partial charge in [0.2, 0.25) is 0 Å². The highest BCUT2D eigenvalue weighted by atomic mass is 19.2. The Morgan fingerprint density at radius 2 is 2.06 bits per heavy atom. The van der Waals surface area contributed by atoms with Crippen LogP contribution in [-0.4, -0.2) is 11.5 Å². The third-order valence-electron chi connectivity index (χ3n) is 2.71. The molecule has 1 aromatic heterocycles. The van der Waals surface area contributed by atoms with Gasteiger partial charge < -0.3 is 10.3 Å². The smallest absolute Gasteiger partial charge is 0.195 e. The average molecular weight is 254 g/mol. The second-order valence-electron chi connectivity index (χ2n) is 4.18. The first kappa shape index (κ1) is 12.5. The van der Waals surface area contributed by atoms with Crippen molar-refractivity contribution in [2.24, 2.45) is 0 Å². The van der Waals surface area contributed by atoms with Crippen molar-refractivity contribution in [3.05, 3.63) is 47.6 Å². The maximum Gasteiger partial charge on any atom is 0.195 e. The van der Waals surface area contributed by atoms with E-state index in [0.717, 1.165) is 11.8 Å². The van der Waals surface area contributed by atoms with Crippen LogP contribution in [0.25, 0.3) is 10.9 Å². The normalized spacial score (nSPS) is 10.9. The fourth-order valence-electron chi connectivity index (χ4n) is 1.87. The Kier molecular flexibility index (Phi) is 3.32. The maximum atomic E-state index is 13.7. The van der Waals surface area contributed by atoms with Gasteiger partial charge in [-0.2, -0.15) is 0 Å². The van der Waals surface area contributed by atoms with Gasteiger partial charge in [0.25, 0.3) is 0 Å². The average Bonchev–Trinajstić information content (AvgIpc) is 2.69. The quantitative estimate of drug-likeness (QED) is 0.805. The monoisotopic (exact) mass is 254 g/mol. The topological polar surface area (TPSA) is 27.8 Å². The predicted octanol–water partition coefficient (Wildman–Crippen LogP) is 3.25. The second kappa shape index (κ2) is 4.76. The second-order valence-corrected chi connectivity index (χ2v) is 4.18. The highest BCUT2D eigenvalue weighted by molar-refractivity contribution is 5.84. The van der Waals surface area contributed by atoms with Crippen molar-refractivity contribution >= 4 is 10.9 Å². The Balaban J connectivity index is 2.35. The Morgan fingerprint density at radius 1 is 1.33 bits per heavy atom. The molecular weight excluding hydrogens is 241 g/mol. The number of benzene rings is 1. The first-order valence-electron chi connectivity index (χ1n) is 5.53. The van der Waals surface area contributed by atoms with E-state index in [-0.39, 0.29) is 10.9 Å². The van der Waals surface area contributed by atoms with Crippen molar-refractivity contribution in [2.45, 2.75) is 13.3 Å². The van der Waals surface area contributed by atoms with Crippen LogP contribution in [0.2, 0.25) is 0 Å². The summed E-state index contributed by atoms with van der Waals surface area (Å²) in [6.45, 7) is 6.04. The lowest BCUT2D eigenvalue weighted by Gasteiger charge is -2.05. The van der Waals surface area contributed by atoms with Gasteiger partial charge in [0.05, 0.1) is 5.52 Å². The lowest BCUT2D eigenvalue weighted by atomic mass is 10.1. The van der Waals surface area contributed by atoms with Crippen molar-refractivity contribution in [1.82, 2.24) is 10.3 Å². The number of hydrogen-bond acceptors (Lipinski definition) is 1. The van der Waals surface area contributed by atoms with Crippen molar-refractivity contribution in [3.63, 3.8) is 0 Å². The van der Waals surface area contributed by atoms with Crippen LogP contribution in [0.15, 0.2) is 24.5 Å². The molecule has 0 aliphatic carbocycles. The molecule has 0 saturated carbocycles. The van der Waals surface area contributed by atoms with E-state index in [1.54, 1.807) is 6.20 Å². The molecule has 0 aliphatic heterocycles. The van der Waals surface area contributed by atoms with Crippen LogP contribution in [0.5, 0.6) is 0 Å². The molecule has 1 heterocycles. The van der Waals surface area contributed by atoms with Gasteiger partial charge in [-0.05, 0) is 18.9 Å². The van der Waals surface area contributed by atoms with Gasteiger partial charge >= 0.3 is 0 Å². The lowest BCUT2D eigenvalue weighted by molar-refractivity contribution is 0.453. The summed E-state index contributed by atoms with van der Waals surface area (Å²) in [5, 5.41) is 3.10. The third kappa shape index (κ3) is 2.20. The summed E-state index contributed by atoms with van der Waals surface area (Å²) in [4.78, 5) is 2.74. The standard InChI is InChI=1S/C13H13F3N2/c1-7(2)17-4-3-8-6-18-10-5-9(14)12(15)13(16)11(8)10/h5-6,17-18H,1,3-4H2,2H3. The van der Waals surface area contributed by atoms with Crippen LogP contribution in [0.3, 0.4) is 0 Å². The number of hydrogen-bond donors (Lipinski definition) is 2. The minimum Gasteiger partial charge on any atom is -0.389 e. The molecule has 0 unspecified atom stereocenters. The first-order chi connectivity index (χ1) is 8.50. The zero-order valence-corrected chi connectivity index (χ0v) is 9.91. The predicted molar refractivity (Wildman–Crippen MR) is 64.7 cm³/mol. The Morgan fingerprint density at radius 3 is 2.72 bits per heavy atom. The number of allylic oxidation sites excluding steroid dienone is 1. The summed E-state index contributed by atoms with van der Waals surface area (Å²) in [6.07, 6.45) is 2.06. The molecule has 5 heteroatoms. The lowest BCUT2D eigenvalue weighted by Crippen LogP contribution is -2.13. The van der Waals surface area contributed by atoms with Crippen LogP contribution in [0.1, 0.15) is 12.5 Å². The SMILES string of the molecule is C=C(C)NCCc1c[nH]c2cc(F)c(F)c(F)c12. The van der Waals surface area contributed by atoms with Gasteiger partial charge in [-0.15, -0.1) is 0 Å². The van der Waals surface area contributed by atoms with E-state index in [4.69, 9.17) is 0 Å². The Labute approximate surface area is 103 Å². The summed E-state index contributed by atoms with van der Waals surface area (Å²) in [5.41, 5.74) is 1.67. The molecule has 0 bridgehead atoms. The molecule has 0 amide bonds. The highest BCUT2D eigenvalue weighted by Gasteiger charge is 2.17. The molecule has 2 rings (SSSR count). The number of aromatic nitrogens is 1. The molecule has 2 N–H and O–H groups in total. The minimum absolute atomic E-state index is 0.109. The van der Waals surface area contributed by atoms with E-state index in [1.165, 1.54) is 0 Å². The molecule has 0 spiro atoms. The molecule has 0 saturated heterocycles. The van der Waals surface area contributed by atoms with Gasteiger partial charge in [0.1, 0.15) is 0 Å². The zero-order valence-electron chi connectivity index (χ0n) is 9.91. The summed E-state index contributed by atoms with van der Waals surface area (Å²) in [6, 6.07) is 0.962. The van der Waals surface area contributed by atoms with Crippen LogP contribution in [0.4, 0.5) is 13.2 Å². The van der Waals surface area contributed by atoms with E-state index in [2.05, 4.69) is 16.9 Å². The molecule has 0 aliphatic rings. The molecule has 0 atom stereocenters. The van der Waals surface area contributed by atoms with Gasteiger partial charge in [-0.1, -0.05) is 6.58 Å². The van der Waals surface area contributed by atoms with Crippen molar-refractivity contribution in [1.29, 1.82) is 0 Å². The highest BCUT2D eigenvalue weighted by Crippen LogP contribution is 2.25. The van der Waals surface area contributed by atoms with Gasteiger partial charge in [0.15, 0.2) is 17.5 Å². The Bertz CT molecular complexity index is 602. The molecule has 0 radical (unpaired) electrons. The van der Waals surface area contributed by atoms with Gasteiger partial charge in [-0.3, -0.25) is 0 Å². The minimum atomic E-state index is -1.43. The molecule has 2 nitrogen and oxygen atoms in total. The number of fused-ring (bicyclic) bond motifs is 1. The molecule has 0 fully saturated rings. The van der Waals surface area contributed by atoms with Crippen LogP contribution >= 0.6 is 0 Å². The molecule has 18 heavy (non-hydrogen) atoms. The Hall–Kier alpha value is -1.91. The summed E-state index contributed by atoms with van der Waals surface area (Å²) in [5.74, 6) is -3.76. The van der Waals surface area contributed by atoms with E-state index in [0.29, 0.717) is 18.5 Å². The van der Waals surface area contributed by atoms with Crippen LogP contribution < -0.4 is 5.32 Å². The molecule has 96 valence electrons. The van der Waals surface area contributed by atoms with Crippen molar-refractivity contribution in [2.75, 3.05) is 6.54 Å². The maximum absolute atomic E-state index is 13.7. The zero-order chi connectivity index (χ0) is 13.3. The number of nitrogens with one attached hydrogen (secondary N) is 2. The number of halogens is 3. The number of aromatic amines is 1. The van der Waals surface area contributed by atoms with Crippen LogP contribution in [-0.2, 0) is 6.42 Å². The molecule has 2 aromatic rings. The summed E-state index contributed by atoms with van der Waals surface area (Å²) >= 11 is 0. The fraction of sp³-hybridized carbons (Fsp3) is 0.231. The summed E-state index contributed by atoms with van der Waals surface area (Å²) < 4.78 is 39.9. The fourth-order valence-corrected chi connectivity index (χ4v) is 1.87. The first-order valence-corrected chi connectivity index (χ1v) is 5.53. The van der Waals surface area contributed by atoms with E-state index >= 15 is 0 Å². The largest absolute Gasteiger partial charge is 0.389 e. The molecular formula is C13H13F3N2. The van der Waals surface area contributed by atoms with Crippen molar-refractivity contribution < 1.29 is 13.2 Å². The van der Waals surface area contributed by atoms with Crippen molar-refractivity contribution in [3.8, 4) is 0 Å². The van der Waals surface area contributed by atoms with E-state index in [9.17, 15) is 13.2 Å². The van der Waals surface area contributed by atoms with Gasteiger partial charge in [-0.25, -0.2) is 13.2 Å².